The topological polar surface area (TPSA) is 104 Å². The van der Waals surface area contributed by atoms with Crippen molar-refractivity contribution in [2.45, 2.75) is 52.6 Å². The summed E-state index contributed by atoms with van der Waals surface area (Å²) in [6, 6.07) is 10.8. The fraction of sp³-hybridized carbons (Fsp3) is 0.310. The zero-order valence-electron chi connectivity index (χ0n) is 22.9. The van der Waals surface area contributed by atoms with Crippen molar-refractivity contribution in [2.75, 3.05) is 0 Å². The van der Waals surface area contributed by atoms with Crippen molar-refractivity contribution in [3.8, 4) is 11.1 Å². The van der Waals surface area contributed by atoms with Crippen LogP contribution in [0.25, 0.3) is 11.1 Å². The Morgan fingerprint density at radius 1 is 1.02 bits per heavy atom. The minimum atomic E-state index is -4.69. The number of rotatable bonds is 8. The van der Waals surface area contributed by atoms with Crippen LogP contribution in [0.2, 0.25) is 5.02 Å². The zero-order chi connectivity index (χ0) is 30.6. The molecule has 0 spiro atoms. The number of hydrogen-bond donors (Lipinski definition) is 1. The average Bonchev–Trinajstić information content (AvgIpc) is 2.85. The fourth-order valence-electron chi connectivity index (χ4n) is 4.33. The van der Waals surface area contributed by atoms with Gasteiger partial charge in [0.05, 0.1) is 16.1 Å². The van der Waals surface area contributed by atoms with E-state index in [1.807, 2.05) is 0 Å². The lowest BCUT2D eigenvalue weighted by Crippen LogP contribution is -2.44. The molecule has 1 aromatic heterocycles. The second-order valence-electron chi connectivity index (χ2n) is 9.42. The third kappa shape index (κ3) is 7.55. The van der Waals surface area contributed by atoms with Gasteiger partial charge in [-0.2, -0.15) is 13.2 Å². The Morgan fingerprint density at radius 3 is 2.22 bits per heavy atom. The molecule has 2 atom stereocenters. The number of benzene rings is 2. The molecule has 0 aliphatic rings. The van der Waals surface area contributed by atoms with Crippen LogP contribution in [0.4, 0.5) is 13.2 Å². The van der Waals surface area contributed by atoms with Gasteiger partial charge in [0, 0.05) is 27.3 Å². The van der Waals surface area contributed by atoms with Crippen LogP contribution < -0.4 is 10.9 Å². The largest absolute Gasteiger partial charge is 0.431 e. The molecule has 0 radical (unpaired) electrons. The lowest BCUT2D eigenvalue weighted by Gasteiger charge is -2.21. The molecule has 0 fully saturated rings. The highest BCUT2D eigenvalue weighted by Gasteiger charge is 2.35. The summed E-state index contributed by atoms with van der Waals surface area (Å²) in [4.78, 5) is 50.1. The number of pyridine rings is 1. The van der Waals surface area contributed by atoms with Crippen molar-refractivity contribution in [1.29, 1.82) is 0 Å². The smallest absolute Gasteiger partial charge is 0.426 e. The molecule has 0 saturated carbocycles. The van der Waals surface area contributed by atoms with Gasteiger partial charge >= 0.3 is 18.1 Å². The summed E-state index contributed by atoms with van der Waals surface area (Å²) in [5, 5.41) is 2.80. The Labute approximate surface area is 239 Å². The maximum atomic E-state index is 13.3. The molecule has 1 heterocycles. The number of nitrogens with zero attached hydrogens (tertiary/aromatic N) is 1. The number of aromatic nitrogens is 1. The van der Waals surface area contributed by atoms with E-state index < -0.39 is 47.6 Å². The third-order valence-corrected chi connectivity index (χ3v) is 6.57. The van der Waals surface area contributed by atoms with Crippen LogP contribution in [0, 0.1) is 13.8 Å². The highest BCUT2D eigenvalue weighted by molar-refractivity contribution is 6.34. The van der Waals surface area contributed by atoms with Gasteiger partial charge in [-0.3, -0.25) is 14.4 Å². The minimum absolute atomic E-state index is 0.0643. The second-order valence-corrected chi connectivity index (χ2v) is 9.83. The first-order valence-corrected chi connectivity index (χ1v) is 12.8. The molecule has 0 bridgehead atoms. The van der Waals surface area contributed by atoms with Crippen LogP contribution in [-0.2, 0) is 38.7 Å². The number of esters is 2. The number of aryl methyl sites for hydroxylation is 2. The molecule has 41 heavy (non-hydrogen) atoms. The van der Waals surface area contributed by atoms with Crippen LogP contribution in [0.1, 0.15) is 46.6 Å². The van der Waals surface area contributed by atoms with E-state index in [4.69, 9.17) is 21.1 Å². The number of halogens is 4. The summed E-state index contributed by atoms with van der Waals surface area (Å²) in [6.45, 7) is 5.60. The fourth-order valence-corrected chi connectivity index (χ4v) is 4.64. The van der Waals surface area contributed by atoms with Gasteiger partial charge in [0.2, 0.25) is 6.29 Å². The highest BCUT2D eigenvalue weighted by atomic mass is 35.5. The van der Waals surface area contributed by atoms with Gasteiger partial charge in [-0.1, -0.05) is 48.0 Å². The molecule has 1 amide bonds. The van der Waals surface area contributed by atoms with Crippen molar-refractivity contribution in [3.05, 3.63) is 91.9 Å². The normalized spacial score (nSPS) is 12.8. The van der Waals surface area contributed by atoms with E-state index >= 15 is 0 Å². The SMILES string of the molecule is CC(=O)OC(C)OC(=O)[C@H](Cc1ccc(-c2c(C)cc(C(F)(F)F)n(C)c2=O)cc1)NC(=O)c1c(C)cccc1Cl. The van der Waals surface area contributed by atoms with Crippen LogP contribution in [0.5, 0.6) is 0 Å². The molecule has 2 aromatic carbocycles. The maximum Gasteiger partial charge on any atom is 0.431 e. The number of carbonyl (C=O) groups excluding carboxylic acids is 3. The first-order valence-electron chi connectivity index (χ1n) is 12.4. The van der Waals surface area contributed by atoms with Crippen molar-refractivity contribution in [1.82, 2.24) is 9.88 Å². The van der Waals surface area contributed by atoms with E-state index in [-0.39, 0.29) is 28.1 Å². The molecule has 1 N–H and O–H groups in total. The Morgan fingerprint density at radius 2 is 1.66 bits per heavy atom. The van der Waals surface area contributed by atoms with E-state index in [2.05, 4.69) is 5.32 Å². The van der Waals surface area contributed by atoms with Crippen molar-refractivity contribution < 1.29 is 37.0 Å². The van der Waals surface area contributed by atoms with Crippen LogP contribution >= 0.6 is 11.6 Å². The number of alkyl halides is 3. The Balaban J connectivity index is 1.92. The molecule has 0 saturated heterocycles. The van der Waals surface area contributed by atoms with Gasteiger partial charge in [0.1, 0.15) is 11.7 Å². The number of carbonyl (C=O) groups is 3. The van der Waals surface area contributed by atoms with Crippen LogP contribution in [-0.4, -0.2) is 34.7 Å². The minimum Gasteiger partial charge on any atom is -0.426 e. The van der Waals surface area contributed by atoms with Gasteiger partial charge in [-0.25, -0.2) is 4.79 Å². The van der Waals surface area contributed by atoms with Crippen molar-refractivity contribution >= 4 is 29.4 Å². The Hall–Kier alpha value is -4.12. The number of ether oxygens (including phenoxy) is 2. The lowest BCUT2D eigenvalue weighted by atomic mass is 9.98. The molecule has 3 rings (SSSR count). The second kappa shape index (κ2) is 12.6. The summed E-state index contributed by atoms with van der Waals surface area (Å²) in [6.07, 6.45) is -5.97. The number of amides is 1. The van der Waals surface area contributed by atoms with Gasteiger partial charge in [-0.05, 0) is 48.2 Å². The molecular weight excluding hydrogens is 565 g/mol. The first-order chi connectivity index (χ1) is 19.1. The number of nitrogens with one attached hydrogen (secondary N) is 1. The van der Waals surface area contributed by atoms with E-state index in [0.717, 1.165) is 20.0 Å². The standard InChI is InChI=1S/C29H28ClF3N2O6/c1-15-7-6-8-21(30)25(15)26(37)34-22(28(39)41-18(4)40-17(3)36)14-19-9-11-20(12-10-19)24-16(2)13-23(29(31,32)33)35(5)27(24)38/h6-13,18,22H,14H2,1-5H3,(H,34,37)/t18?,22-/m0/s1. The maximum absolute atomic E-state index is 13.3. The van der Waals surface area contributed by atoms with E-state index in [1.54, 1.807) is 31.2 Å². The molecule has 0 aliphatic carbocycles. The van der Waals surface area contributed by atoms with Crippen LogP contribution in [0.15, 0.2) is 53.3 Å². The first kappa shape index (κ1) is 31.4. The summed E-state index contributed by atoms with van der Waals surface area (Å²) in [5.74, 6) is -2.18. The monoisotopic (exact) mass is 592 g/mol. The molecule has 3 aromatic rings. The Kier molecular flexibility index (Phi) is 9.65. The van der Waals surface area contributed by atoms with E-state index in [0.29, 0.717) is 21.3 Å². The number of hydrogen-bond acceptors (Lipinski definition) is 6. The summed E-state index contributed by atoms with van der Waals surface area (Å²) >= 11 is 6.21. The lowest BCUT2D eigenvalue weighted by molar-refractivity contribution is -0.184. The summed E-state index contributed by atoms with van der Waals surface area (Å²) < 4.78 is 50.5. The van der Waals surface area contributed by atoms with E-state index in [9.17, 15) is 32.3 Å². The van der Waals surface area contributed by atoms with Crippen LogP contribution in [0.3, 0.4) is 0 Å². The van der Waals surface area contributed by atoms with Gasteiger partial charge in [0.15, 0.2) is 0 Å². The van der Waals surface area contributed by atoms with Crippen molar-refractivity contribution in [2.24, 2.45) is 7.05 Å². The predicted molar refractivity (Wildman–Crippen MR) is 145 cm³/mol. The van der Waals surface area contributed by atoms with Crippen molar-refractivity contribution in [3.63, 3.8) is 0 Å². The van der Waals surface area contributed by atoms with E-state index in [1.165, 1.54) is 32.0 Å². The molecular formula is C29H28ClF3N2O6. The molecule has 12 heteroatoms. The van der Waals surface area contributed by atoms with Gasteiger partial charge in [-0.15, -0.1) is 0 Å². The highest BCUT2D eigenvalue weighted by Crippen LogP contribution is 2.31. The third-order valence-electron chi connectivity index (χ3n) is 6.25. The molecule has 1 unspecified atom stereocenters. The molecule has 8 nitrogen and oxygen atoms in total. The predicted octanol–water partition coefficient (Wildman–Crippen LogP) is 5.13. The summed E-state index contributed by atoms with van der Waals surface area (Å²) in [7, 11) is 1.05. The zero-order valence-corrected chi connectivity index (χ0v) is 23.6. The Bertz CT molecular complexity index is 1510. The molecule has 218 valence electrons. The summed E-state index contributed by atoms with van der Waals surface area (Å²) in [5.41, 5.74) is 0.0317. The van der Waals surface area contributed by atoms with Gasteiger partial charge in [0.25, 0.3) is 11.5 Å². The average molecular weight is 593 g/mol. The van der Waals surface area contributed by atoms with Gasteiger partial charge < -0.3 is 19.4 Å². The quantitative estimate of drug-likeness (QED) is 0.287. The molecule has 0 aliphatic heterocycles.